The highest BCUT2D eigenvalue weighted by molar-refractivity contribution is 5.97. The minimum absolute atomic E-state index is 0.00426. The van der Waals surface area contributed by atoms with E-state index in [0.29, 0.717) is 0 Å². The SMILES string of the molecule is Cc1ccccc1N(C)C(=O)[C@@H]1CCCN1. The molecule has 0 saturated carbocycles. The van der Waals surface area contributed by atoms with Crippen LogP contribution in [0.25, 0.3) is 0 Å². The first-order chi connectivity index (χ1) is 7.70. The van der Waals surface area contributed by atoms with Crippen LogP contribution < -0.4 is 10.2 Å². The predicted octanol–water partition coefficient (Wildman–Crippen LogP) is 1.71. The van der Waals surface area contributed by atoms with Crippen molar-refractivity contribution in [3.8, 4) is 0 Å². The van der Waals surface area contributed by atoms with E-state index in [1.807, 2.05) is 38.2 Å². The van der Waals surface area contributed by atoms with Gasteiger partial charge in [-0.3, -0.25) is 4.79 Å². The maximum atomic E-state index is 12.2. The fraction of sp³-hybridized carbons (Fsp3) is 0.462. The average Bonchev–Trinajstić information content (AvgIpc) is 2.81. The summed E-state index contributed by atoms with van der Waals surface area (Å²) in [5.41, 5.74) is 2.14. The van der Waals surface area contributed by atoms with Gasteiger partial charge in [0.25, 0.3) is 0 Å². The van der Waals surface area contributed by atoms with E-state index >= 15 is 0 Å². The lowest BCUT2D eigenvalue weighted by Crippen LogP contribution is -2.41. The third kappa shape index (κ3) is 2.09. The van der Waals surface area contributed by atoms with Crippen molar-refractivity contribution in [2.75, 3.05) is 18.5 Å². The number of likely N-dealkylation sites (N-methyl/N-ethyl adjacent to an activating group) is 1. The molecule has 1 amide bonds. The molecule has 1 heterocycles. The summed E-state index contributed by atoms with van der Waals surface area (Å²) < 4.78 is 0. The maximum absolute atomic E-state index is 12.2. The molecule has 0 aliphatic carbocycles. The van der Waals surface area contributed by atoms with Crippen LogP contribution in [0, 0.1) is 6.92 Å². The molecule has 1 aliphatic rings. The lowest BCUT2D eigenvalue weighted by Gasteiger charge is -2.22. The predicted molar refractivity (Wildman–Crippen MR) is 65.6 cm³/mol. The van der Waals surface area contributed by atoms with Crippen molar-refractivity contribution in [3.05, 3.63) is 29.8 Å². The Morgan fingerprint density at radius 2 is 2.19 bits per heavy atom. The molecule has 0 aromatic heterocycles. The summed E-state index contributed by atoms with van der Waals surface area (Å²) in [4.78, 5) is 13.9. The van der Waals surface area contributed by atoms with E-state index in [1.54, 1.807) is 4.90 Å². The van der Waals surface area contributed by atoms with E-state index in [-0.39, 0.29) is 11.9 Å². The Morgan fingerprint density at radius 1 is 1.44 bits per heavy atom. The third-order valence-corrected chi connectivity index (χ3v) is 3.17. The van der Waals surface area contributed by atoms with Crippen LogP contribution in [0.5, 0.6) is 0 Å². The van der Waals surface area contributed by atoms with Crippen LogP contribution in [0.4, 0.5) is 5.69 Å². The molecule has 1 aliphatic heterocycles. The molecule has 1 N–H and O–H groups in total. The lowest BCUT2D eigenvalue weighted by atomic mass is 10.1. The van der Waals surface area contributed by atoms with E-state index in [4.69, 9.17) is 0 Å². The minimum atomic E-state index is 0.00426. The summed E-state index contributed by atoms with van der Waals surface area (Å²) in [5.74, 6) is 0.173. The second-order valence-corrected chi connectivity index (χ2v) is 4.33. The summed E-state index contributed by atoms with van der Waals surface area (Å²) in [7, 11) is 1.85. The second-order valence-electron chi connectivity index (χ2n) is 4.33. The average molecular weight is 218 g/mol. The van der Waals surface area contributed by atoms with Gasteiger partial charge in [-0.1, -0.05) is 18.2 Å². The van der Waals surface area contributed by atoms with Gasteiger partial charge < -0.3 is 10.2 Å². The standard InChI is InChI=1S/C13H18N2O/c1-10-6-3-4-8-12(10)15(2)13(16)11-7-5-9-14-11/h3-4,6,8,11,14H,5,7,9H2,1-2H3/t11-/m0/s1. The van der Waals surface area contributed by atoms with Crippen molar-refractivity contribution in [1.29, 1.82) is 0 Å². The molecule has 0 bridgehead atoms. The Morgan fingerprint density at radius 3 is 2.81 bits per heavy atom. The molecule has 3 nitrogen and oxygen atoms in total. The number of hydrogen-bond acceptors (Lipinski definition) is 2. The van der Waals surface area contributed by atoms with Gasteiger partial charge in [-0.2, -0.15) is 0 Å². The van der Waals surface area contributed by atoms with Crippen LogP contribution >= 0.6 is 0 Å². The number of para-hydroxylation sites is 1. The van der Waals surface area contributed by atoms with Crippen molar-refractivity contribution in [3.63, 3.8) is 0 Å². The maximum Gasteiger partial charge on any atom is 0.243 e. The molecule has 0 radical (unpaired) electrons. The van der Waals surface area contributed by atoms with Gasteiger partial charge in [0, 0.05) is 12.7 Å². The molecular formula is C13H18N2O. The first-order valence-electron chi connectivity index (χ1n) is 5.77. The van der Waals surface area contributed by atoms with Crippen LogP contribution in [-0.2, 0) is 4.79 Å². The van der Waals surface area contributed by atoms with Gasteiger partial charge in [-0.05, 0) is 37.9 Å². The normalized spacial score (nSPS) is 19.8. The van der Waals surface area contributed by atoms with Gasteiger partial charge in [-0.25, -0.2) is 0 Å². The van der Waals surface area contributed by atoms with Crippen LogP contribution in [0.15, 0.2) is 24.3 Å². The van der Waals surface area contributed by atoms with E-state index in [2.05, 4.69) is 5.32 Å². The topological polar surface area (TPSA) is 32.3 Å². The van der Waals surface area contributed by atoms with Crippen LogP contribution in [0.1, 0.15) is 18.4 Å². The van der Waals surface area contributed by atoms with Gasteiger partial charge in [0.15, 0.2) is 0 Å². The van der Waals surface area contributed by atoms with E-state index in [1.165, 1.54) is 0 Å². The van der Waals surface area contributed by atoms with Gasteiger partial charge in [0.2, 0.25) is 5.91 Å². The van der Waals surface area contributed by atoms with E-state index in [0.717, 1.165) is 30.6 Å². The van der Waals surface area contributed by atoms with Crippen LogP contribution in [0.3, 0.4) is 0 Å². The van der Waals surface area contributed by atoms with Crippen LogP contribution in [0.2, 0.25) is 0 Å². The molecule has 86 valence electrons. The number of nitrogens with zero attached hydrogens (tertiary/aromatic N) is 1. The fourth-order valence-electron chi connectivity index (χ4n) is 2.19. The van der Waals surface area contributed by atoms with Crippen molar-refractivity contribution < 1.29 is 4.79 Å². The largest absolute Gasteiger partial charge is 0.314 e. The third-order valence-electron chi connectivity index (χ3n) is 3.17. The highest BCUT2D eigenvalue weighted by atomic mass is 16.2. The van der Waals surface area contributed by atoms with Crippen LogP contribution in [-0.4, -0.2) is 25.5 Å². The Bertz CT molecular complexity index is 383. The number of anilines is 1. The molecule has 1 atom stereocenters. The van der Waals surface area contributed by atoms with Gasteiger partial charge in [-0.15, -0.1) is 0 Å². The summed E-state index contributed by atoms with van der Waals surface area (Å²) in [6, 6.07) is 7.98. The molecule has 3 heteroatoms. The van der Waals surface area contributed by atoms with Crippen molar-refractivity contribution in [1.82, 2.24) is 5.32 Å². The summed E-state index contributed by atoms with van der Waals surface area (Å²) >= 11 is 0. The molecule has 1 aromatic carbocycles. The number of carbonyl (C=O) groups excluding carboxylic acids is 1. The molecule has 2 rings (SSSR count). The summed E-state index contributed by atoms with van der Waals surface area (Å²) in [6.07, 6.45) is 2.05. The number of hydrogen-bond donors (Lipinski definition) is 1. The fourth-order valence-corrected chi connectivity index (χ4v) is 2.19. The minimum Gasteiger partial charge on any atom is -0.314 e. The first-order valence-corrected chi connectivity index (χ1v) is 5.77. The lowest BCUT2D eigenvalue weighted by molar-refractivity contribution is -0.119. The summed E-state index contributed by atoms with van der Waals surface area (Å²) in [6.45, 7) is 2.99. The van der Waals surface area contributed by atoms with Crippen molar-refractivity contribution >= 4 is 11.6 Å². The van der Waals surface area contributed by atoms with Gasteiger partial charge in [0.05, 0.1) is 6.04 Å². The van der Waals surface area contributed by atoms with Gasteiger partial charge >= 0.3 is 0 Å². The highest BCUT2D eigenvalue weighted by Gasteiger charge is 2.25. The monoisotopic (exact) mass is 218 g/mol. The zero-order valence-corrected chi connectivity index (χ0v) is 9.86. The Hall–Kier alpha value is -1.35. The molecule has 1 fully saturated rings. The smallest absolute Gasteiger partial charge is 0.243 e. The first kappa shape index (κ1) is 11.1. The Labute approximate surface area is 96.5 Å². The Kier molecular flexibility index (Phi) is 3.25. The molecule has 1 saturated heterocycles. The van der Waals surface area contributed by atoms with E-state index in [9.17, 15) is 4.79 Å². The molecular weight excluding hydrogens is 200 g/mol. The number of nitrogens with one attached hydrogen (secondary N) is 1. The molecule has 0 spiro atoms. The molecule has 1 aromatic rings. The van der Waals surface area contributed by atoms with Gasteiger partial charge in [0.1, 0.15) is 0 Å². The number of carbonyl (C=O) groups is 1. The quantitative estimate of drug-likeness (QED) is 0.819. The zero-order chi connectivity index (χ0) is 11.5. The van der Waals surface area contributed by atoms with E-state index < -0.39 is 0 Å². The number of aryl methyl sites for hydroxylation is 1. The van der Waals surface area contributed by atoms with Crippen molar-refractivity contribution in [2.24, 2.45) is 0 Å². The molecule has 16 heavy (non-hydrogen) atoms. The Balaban J connectivity index is 2.15. The second kappa shape index (κ2) is 4.66. The summed E-state index contributed by atoms with van der Waals surface area (Å²) in [5, 5.41) is 3.24. The number of benzene rings is 1. The number of amides is 1. The van der Waals surface area contributed by atoms with Crippen molar-refractivity contribution in [2.45, 2.75) is 25.8 Å². The highest BCUT2D eigenvalue weighted by Crippen LogP contribution is 2.20. The number of rotatable bonds is 2. The molecule has 0 unspecified atom stereocenters. The zero-order valence-electron chi connectivity index (χ0n) is 9.86.